The second kappa shape index (κ2) is 15.5. The van der Waals surface area contributed by atoms with Gasteiger partial charge in [0, 0.05) is 0 Å². The molecule has 0 heterocycles. The van der Waals surface area contributed by atoms with Gasteiger partial charge < -0.3 is 9.47 Å². The Morgan fingerprint density at radius 2 is 1.18 bits per heavy atom. The molecule has 0 aliphatic heterocycles. The summed E-state index contributed by atoms with van der Waals surface area (Å²) in [7, 11) is 0. The van der Waals surface area contributed by atoms with Crippen molar-refractivity contribution in [2.75, 3.05) is 6.61 Å². The molecule has 0 aliphatic rings. The van der Waals surface area contributed by atoms with E-state index in [0.717, 1.165) is 41.5 Å². The summed E-state index contributed by atoms with van der Waals surface area (Å²) in [5.41, 5.74) is 5.10. The fraction of sp³-hybridized carbons (Fsp3) is 0.382. The van der Waals surface area contributed by atoms with Crippen LogP contribution in [0.4, 0.5) is 0 Å². The minimum atomic E-state index is -0.415. The molecule has 39 heavy (non-hydrogen) atoms. The number of benzene rings is 3. The van der Waals surface area contributed by atoms with Gasteiger partial charge in [-0.1, -0.05) is 88.1 Å². The Hall–Kier alpha value is -3.91. The quantitative estimate of drug-likeness (QED) is 0.155. The molecule has 0 saturated heterocycles. The third-order valence-electron chi connectivity index (χ3n) is 6.80. The molecule has 0 amide bonds. The summed E-state index contributed by atoms with van der Waals surface area (Å²) in [5.74, 6) is -0.962. The molecule has 0 aromatic heterocycles. The second-order valence-electron chi connectivity index (χ2n) is 10.0. The van der Waals surface area contributed by atoms with Crippen LogP contribution < -0.4 is 0 Å². The van der Waals surface area contributed by atoms with Gasteiger partial charge in [-0.05, 0) is 72.7 Å². The van der Waals surface area contributed by atoms with Crippen molar-refractivity contribution in [1.82, 2.24) is 0 Å². The molecule has 0 bridgehead atoms. The third-order valence-corrected chi connectivity index (χ3v) is 6.80. The lowest BCUT2D eigenvalue weighted by Crippen LogP contribution is -2.15. The molecule has 3 rings (SSSR count). The molecular formula is C34H39NO4. The van der Waals surface area contributed by atoms with E-state index in [2.05, 4.69) is 13.0 Å². The van der Waals surface area contributed by atoms with Gasteiger partial charge in [-0.15, -0.1) is 0 Å². The number of nitriles is 1. The van der Waals surface area contributed by atoms with Crippen LogP contribution in [0.25, 0.3) is 22.3 Å². The van der Waals surface area contributed by atoms with E-state index < -0.39 is 5.97 Å². The molecule has 3 aromatic rings. The van der Waals surface area contributed by atoms with Crippen molar-refractivity contribution in [3.63, 3.8) is 0 Å². The van der Waals surface area contributed by atoms with Gasteiger partial charge in [0.15, 0.2) is 0 Å². The SMILES string of the molecule is CCCCCC[C@@H](C)OC(=O)c1ccc(-c2ccc(-c3ccc(C(=O)OC[C@H](C#N)CCC)cc3)cc2)cc1. The number of esters is 2. The van der Waals surface area contributed by atoms with Crippen molar-refractivity contribution in [2.45, 2.75) is 71.8 Å². The van der Waals surface area contributed by atoms with Gasteiger partial charge in [-0.3, -0.25) is 0 Å². The fourth-order valence-corrected chi connectivity index (χ4v) is 4.41. The number of ether oxygens (including phenoxy) is 2. The Bertz CT molecular complexity index is 1220. The molecular weight excluding hydrogens is 486 g/mol. The molecule has 0 fully saturated rings. The predicted molar refractivity (Wildman–Crippen MR) is 155 cm³/mol. The van der Waals surface area contributed by atoms with Crippen LogP contribution in [0.1, 0.15) is 86.4 Å². The van der Waals surface area contributed by atoms with E-state index in [9.17, 15) is 9.59 Å². The lowest BCUT2D eigenvalue weighted by Gasteiger charge is -2.13. The van der Waals surface area contributed by atoms with E-state index in [1.807, 2.05) is 74.5 Å². The van der Waals surface area contributed by atoms with Gasteiger partial charge in [-0.25, -0.2) is 9.59 Å². The lowest BCUT2D eigenvalue weighted by atomic mass is 9.99. The average molecular weight is 526 g/mol. The highest BCUT2D eigenvalue weighted by atomic mass is 16.5. The van der Waals surface area contributed by atoms with Crippen LogP contribution >= 0.6 is 0 Å². The van der Waals surface area contributed by atoms with Gasteiger partial charge in [0.05, 0.1) is 29.2 Å². The minimum absolute atomic E-state index is 0.0806. The zero-order chi connectivity index (χ0) is 28.0. The maximum atomic E-state index is 12.5. The minimum Gasteiger partial charge on any atom is -0.461 e. The third kappa shape index (κ3) is 9.11. The van der Waals surface area contributed by atoms with Crippen molar-refractivity contribution in [1.29, 1.82) is 5.26 Å². The zero-order valence-electron chi connectivity index (χ0n) is 23.3. The summed E-state index contributed by atoms with van der Waals surface area (Å²) in [6.45, 7) is 6.26. The number of hydrogen-bond donors (Lipinski definition) is 0. The molecule has 0 saturated carbocycles. The topological polar surface area (TPSA) is 76.4 Å². The summed E-state index contributed by atoms with van der Waals surface area (Å²) in [4.78, 5) is 24.8. The maximum Gasteiger partial charge on any atom is 0.338 e. The van der Waals surface area contributed by atoms with Gasteiger partial charge >= 0.3 is 11.9 Å². The Morgan fingerprint density at radius 1 is 0.692 bits per heavy atom. The summed E-state index contributed by atoms with van der Waals surface area (Å²) in [6.07, 6.45) is 7.08. The van der Waals surface area contributed by atoms with Gasteiger partial charge in [0.25, 0.3) is 0 Å². The lowest BCUT2D eigenvalue weighted by molar-refractivity contribution is 0.0319. The normalized spacial score (nSPS) is 12.3. The van der Waals surface area contributed by atoms with E-state index >= 15 is 0 Å². The van der Waals surface area contributed by atoms with E-state index in [4.69, 9.17) is 14.7 Å². The summed E-state index contributed by atoms with van der Waals surface area (Å²) in [5, 5.41) is 9.13. The average Bonchev–Trinajstić information content (AvgIpc) is 2.97. The summed E-state index contributed by atoms with van der Waals surface area (Å²) < 4.78 is 10.9. The zero-order valence-corrected chi connectivity index (χ0v) is 23.3. The summed E-state index contributed by atoms with van der Waals surface area (Å²) in [6, 6.07) is 25.1. The molecule has 0 aliphatic carbocycles. The van der Waals surface area contributed by atoms with Crippen LogP contribution in [0.5, 0.6) is 0 Å². The monoisotopic (exact) mass is 525 g/mol. The molecule has 5 nitrogen and oxygen atoms in total. The first-order chi connectivity index (χ1) is 18.9. The van der Waals surface area contributed by atoms with Crippen LogP contribution in [-0.4, -0.2) is 24.6 Å². The molecule has 2 atom stereocenters. The van der Waals surface area contributed by atoms with E-state index in [1.54, 1.807) is 12.1 Å². The first kappa shape index (κ1) is 29.6. The first-order valence-corrected chi connectivity index (χ1v) is 14.0. The van der Waals surface area contributed by atoms with Gasteiger partial charge in [-0.2, -0.15) is 5.26 Å². The predicted octanol–water partition coefficient (Wildman–Crippen LogP) is 8.63. The van der Waals surface area contributed by atoms with Gasteiger partial charge in [0.1, 0.15) is 6.61 Å². The Kier molecular flexibility index (Phi) is 11.8. The fourth-order valence-electron chi connectivity index (χ4n) is 4.41. The smallest absolute Gasteiger partial charge is 0.338 e. The standard InChI is InChI=1S/C34H39NO4/c1-4-6-7-8-10-25(3)39-34(37)32-21-17-30(18-22-32)28-13-11-27(12-14-28)29-15-19-31(20-16-29)33(36)38-24-26(23-35)9-5-2/h11-22,25-26H,4-10,24H2,1-3H3/t25-,26+/m1/s1. The van der Waals surface area contributed by atoms with Crippen molar-refractivity contribution >= 4 is 11.9 Å². The number of rotatable bonds is 14. The highest BCUT2D eigenvalue weighted by Crippen LogP contribution is 2.26. The largest absolute Gasteiger partial charge is 0.461 e. The van der Waals surface area contributed by atoms with Crippen LogP contribution in [0, 0.1) is 17.2 Å². The van der Waals surface area contributed by atoms with Crippen molar-refractivity contribution in [3.8, 4) is 28.3 Å². The molecule has 0 unspecified atom stereocenters. The van der Waals surface area contributed by atoms with Gasteiger partial charge in [0.2, 0.25) is 0 Å². The van der Waals surface area contributed by atoms with E-state index in [0.29, 0.717) is 17.5 Å². The molecule has 0 N–H and O–H groups in total. The van der Waals surface area contributed by atoms with Crippen LogP contribution in [0.15, 0.2) is 72.8 Å². The van der Waals surface area contributed by atoms with Crippen LogP contribution in [0.3, 0.4) is 0 Å². The highest BCUT2D eigenvalue weighted by Gasteiger charge is 2.14. The van der Waals surface area contributed by atoms with Crippen LogP contribution in [0.2, 0.25) is 0 Å². The van der Waals surface area contributed by atoms with Crippen molar-refractivity contribution in [3.05, 3.63) is 83.9 Å². The Morgan fingerprint density at radius 3 is 1.64 bits per heavy atom. The molecule has 3 aromatic carbocycles. The highest BCUT2D eigenvalue weighted by molar-refractivity contribution is 5.91. The molecule has 0 spiro atoms. The Labute approximate surface area is 232 Å². The van der Waals surface area contributed by atoms with E-state index in [1.165, 1.54) is 19.3 Å². The molecule has 0 radical (unpaired) electrons. The molecule has 204 valence electrons. The number of unbranched alkanes of at least 4 members (excludes halogenated alkanes) is 3. The van der Waals surface area contributed by atoms with Crippen molar-refractivity contribution < 1.29 is 19.1 Å². The molecule has 5 heteroatoms. The summed E-state index contributed by atoms with van der Waals surface area (Å²) >= 11 is 0. The van der Waals surface area contributed by atoms with E-state index in [-0.39, 0.29) is 24.6 Å². The number of nitrogens with zero attached hydrogens (tertiary/aromatic N) is 1. The Balaban J connectivity index is 1.56. The number of carbonyl (C=O) groups is 2. The van der Waals surface area contributed by atoms with Crippen LogP contribution in [-0.2, 0) is 9.47 Å². The number of carbonyl (C=O) groups excluding carboxylic acids is 2. The van der Waals surface area contributed by atoms with Crippen molar-refractivity contribution in [2.24, 2.45) is 5.92 Å². The maximum absolute atomic E-state index is 12.5. The number of hydrogen-bond acceptors (Lipinski definition) is 5. The first-order valence-electron chi connectivity index (χ1n) is 14.0. The second-order valence-corrected chi connectivity index (χ2v) is 10.0.